The molecule has 5 rings (SSSR count). The number of carbonyl (C=O) groups is 1. The summed E-state index contributed by atoms with van der Waals surface area (Å²) in [7, 11) is 1.73. The van der Waals surface area contributed by atoms with Gasteiger partial charge in [-0.15, -0.1) is 0 Å². The number of hydrogen-bond donors (Lipinski definition) is 1. The van der Waals surface area contributed by atoms with Gasteiger partial charge >= 0.3 is 5.97 Å². The zero-order chi connectivity index (χ0) is 20.8. The highest BCUT2D eigenvalue weighted by atomic mass is 32.1. The number of para-hydroxylation sites is 1. The predicted molar refractivity (Wildman–Crippen MR) is 118 cm³/mol. The molecule has 1 aliphatic rings. The quantitative estimate of drug-likeness (QED) is 0.544. The predicted octanol–water partition coefficient (Wildman–Crippen LogP) is 2.57. The van der Waals surface area contributed by atoms with Crippen molar-refractivity contribution in [2.75, 3.05) is 36.0 Å². The third-order valence-electron chi connectivity index (χ3n) is 5.44. The zero-order valence-electron chi connectivity index (χ0n) is 16.3. The first-order chi connectivity index (χ1) is 14.5. The average molecular weight is 421 g/mol. The molecule has 0 unspecified atom stereocenters. The molecule has 1 aromatic carbocycles. The van der Waals surface area contributed by atoms with Crippen LogP contribution in [0.2, 0.25) is 0 Å². The number of aromatic carboxylic acids is 1. The van der Waals surface area contributed by atoms with E-state index in [9.17, 15) is 14.7 Å². The average Bonchev–Trinajstić information content (AvgIpc) is 3.20. The summed E-state index contributed by atoms with van der Waals surface area (Å²) < 4.78 is 2.84. The molecule has 0 saturated carbocycles. The van der Waals surface area contributed by atoms with Crippen LogP contribution in [0, 0.1) is 0 Å². The molecule has 0 atom stereocenters. The van der Waals surface area contributed by atoms with Crippen LogP contribution in [-0.2, 0) is 7.05 Å². The Balaban J connectivity index is 1.39. The van der Waals surface area contributed by atoms with Gasteiger partial charge in [-0.05, 0) is 18.2 Å². The summed E-state index contributed by atoms with van der Waals surface area (Å²) in [4.78, 5) is 37.3. The van der Waals surface area contributed by atoms with Crippen LogP contribution in [0.3, 0.4) is 0 Å². The number of aryl methyl sites for hydroxylation is 1. The molecule has 0 spiro atoms. The van der Waals surface area contributed by atoms with Gasteiger partial charge in [0.2, 0.25) is 5.43 Å². The molecular weight excluding hydrogens is 402 g/mol. The lowest BCUT2D eigenvalue weighted by Crippen LogP contribution is -2.46. The summed E-state index contributed by atoms with van der Waals surface area (Å²) >= 11 is 1.71. The van der Waals surface area contributed by atoms with Gasteiger partial charge in [-0.3, -0.25) is 4.79 Å². The van der Waals surface area contributed by atoms with Crippen molar-refractivity contribution in [2.45, 2.75) is 0 Å². The van der Waals surface area contributed by atoms with Gasteiger partial charge in [-0.1, -0.05) is 23.5 Å². The van der Waals surface area contributed by atoms with E-state index in [4.69, 9.17) is 4.98 Å². The highest BCUT2D eigenvalue weighted by molar-refractivity contribution is 7.22. The number of anilines is 2. The number of carboxylic acid groups (broad SMARTS) is 1. The van der Waals surface area contributed by atoms with Gasteiger partial charge in [0.25, 0.3) is 0 Å². The van der Waals surface area contributed by atoms with Crippen molar-refractivity contribution in [3.05, 3.63) is 58.5 Å². The molecule has 30 heavy (non-hydrogen) atoms. The van der Waals surface area contributed by atoms with Crippen molar-refractivity contribution in [3.63, 3.8) is 0 Å². The Morgan fingerprint density at radius 2 is 1.87 bits per heavy atom. The fraction of sp³-hybridized carbons (Fsp3) is 0.238. The van der Waals surface area contributed by atoms with Gasteiger partial charge in [0, 0.05) is 39.4 Å². The Kier molecular flexibility index (Phi) is 4.39. The van der Waals surface area contributed by atoms with E-state index in [2.05, 4.69) is 20.9 Å². The number of nitrogens with zero attached hydrogens (tertiary/aromatic N) is 5. The first kappa shape index (κ1) is 18.6. The van der Waals surface area contributed by atoms with Gasteiger partial charge in [0.1, 0.15) is 11.1 Å². The Morgan fingerprint density at radius 1 is 1.13 bits per heavy atom. The summed E-state index contributed by atoms with van der Waals surface area (Å²) in [5, 5.41) is 10.3. The zero-order valence-corrected chi connectivity index (χ0v) is 17.1. The molecule has 8 nitrogen and oxygen atoms in total. The molecule has 1 N–H and O–H groups in total. The number of thiazole rings is 1. The van der Waals surface area contributed by atoms with Crippen molar-refractivity contribution in [2.24, 2.45) is 7.05 Å². The maximum Gasteiger partial charge on any atom is 0.341 e. The summed E-state index contributed by atoms with van der Waals surface area (Å²) in [6.45, 7) is 3.30. The fourth-order valence-electron chi connectivity index (χ4n) is 3.81. The van der Waals surface area contributed by atoms with Crippen molar-refractivity contribution >= 4 is 49.4 Å². The number of rotatable bonds is 3. The third-order valence-corrected chi connectivity index (χ3v) is 6.54. The number of hydrogen-bond acceptors (Lipinski definition) is 7. The van der Waals surface area contributed by atoms with E-state index in [1.165, 1.54) is 10.9 Å². The SMILES string of the molecule is Cn1cc(C(=O)O)c(=O)c2ncc(N3CCN(c4nc5ccccc5s4)CC3)cc21. The molecule has 0 radical (unpaired) electrons. The van der Waals surface area contributed by atoms with Crippen LogP contribution in [0.1, 0.15) is 10.4 Å². The molecule has 1 fully saturated rings. The second-order valence-electron chi connectivity index (χ2n) is 7.29. The van der Waals surface area contributed by atoms with Crippen molar-refractivity contribution in [1.82, 2.24) is 14.5 Å². The van der Waals surface area contributed by atoms with E-state index in [1.54, 1.807) is 29.1 Å². The number of piperazine rings is 1. The summed E-state index contributed by atoms with van der Waals surface area (Å²) in [6, 6.07) is 10.1. The number of pyridine rings is 2. The van der Waals surface area contributed by atoms with Gasteiger partial charge in [-0.2, -0.15) is 0 Å². The van der Waals surface area contributed by atoms with E-state index in [0.29, 0.717) is 5.52 Å². The maximum atomic E-state index is 12.4. The topological polar surface area (TPSA) is 91.6 Å². The summed E-state index contributed by atoms with van der Waals surface area (Å²) in [6.07, 6.45) is 3.01. The maximum absolute atomic E-state index is 12.4. The summed E-state index contributed by atoms with van der Waals surface area (Å²) in [5.74, 6) is -1.24. The minimum Gasteiger partial charge on any atom is -0.477 e. The minimum absolute atomic E-state index is 0.175. The number of carboxylic acids is 1. The van der Waals surface area contributed by atoms with Crippen LogP contribution in [0.4, 0.5) is 10.8 Å². The van der Waals surface area contributed by atoms with Crippen molar-refractivity contribution in [1.29, 1.82) is 0 Å². The van der Waals surface area contributed by atoms with Gasteiger partial charge < -0.3 is 19.5 Å². The van der Waals surface area contributed by atoms with E-state index >= 15 is 0 Å². The van der Waals surface area contributed by atoms with Crippen molar-refractivity contribution in [3.8, 4) is 0 Å². The Hall–Kier alpha value is -3.46. The second-order valence-corrected chi connectivity index (χ2v) is 8.30. The molecule has 0 amide bonds. The van der Waals surface area contributed by atoms with E-state index in [0.717, 1.165) is 42.5 Å². The van der Waals surface area contributed by atoms with Crippen LogP contribution in [0.15, 0.2) is 47.5 Å². The van der Waals surface area contributed by atoms with Crippen molar-refractivity contribution < 1.29 is 9.90 Å². The number of fused-ring (bicyclic) bond motifs is 2. The van der Waals surface area contributed by atoms with Crippen LogP contribution >= 0.6 is 11.3 Å². The largest absolute Gasteiger partial charge is 0.477 e. The highest BCUT2D eigenvalue weighted by Gasteiger charge is 2.21. The lowest BCUT2D eigenvalue weighted by molar-refractivity contribution is 0.0695. The Bertz CT molecular complexity index is 1300. The molecular formula is C21H19N5O3S. The molecule has 0 bridgehead atoms. The molecule has 3 aromatic heterocycles. The molecule has 4 heterocycles. The molecule has 1 aliphatic heterocycles. The standard InChI is InChI=1S/C21H19N5O3S/c1-24-12-14(20(28)29)19(27)18-16(24)10-13(11-22-18)25-6-8-26(9-7-25)21-23-15-4-2-3-5-17(15)30-21/h2-5,10-12H,6-9H2,1H3,(H,28,29). The van der Waals surface area contributed by atoms with Gasteiger partial charge in [-0.25, -0.2) is 14.8 Å². The molecule has 4 aromatic rings. The first-order valence-corrected chi connectivity index (χ1v) is 10.4. The van der Waals surface area contributed by atoms with Crippen LogP contribution in [0.5, 0.6) is 0 Å². The molecule has 1 saturated heterocycles. The minimum atomic E-state index is -1.24. The fourth-order valence-corrected chi connectivity index (χ4v) is 4.83. The highest BCUT2D eigenvalue weighted by Crippen LogP contribution is 2.30. The van der Waals surface area contributed by atoms with Gasteiger partial charge in [0.05, 0.1) is 27.6 Å². The van der Waals surface area contributed by atoms with Crippen LogP contribution < -0.4 is 15.2 Å². The molecule has 152 valence electrons. The smallest absolute Gasteiger partial charge is 0.341 e. The number of aromatic nitrogens is 3. The molecule has 9 heteroatoms. The normalized spacial score (nSPS) is 14.6. The lowest BCUT2D eigenvalue weighted by Gasteiger charge is -2.35. The van der Waals surface area contributed by atoms with Gasteiger partial charge in [0.15, 0.2) is 5.13 Å². The van der Waals surface area contributed by atoms with Crippen LogP contribution in [0.25, 0.3) is 21.3 Å². The third kappa shape index (κ3) is 3.07. The first-order valence-electron chi connectivity index (χ1n) is 9.59. The number of benzene rings is 1. The molecule has 0 aliphatic carbocycles. The van der Waals surface area contributed by atoms with Crippen LogP contribution in [-0.4, -0.2) is 51.8 Å². The lowest BCUT2D eigenvalue weighted by atomic mass is 10.2. The summed E-state index contributed by atoms with van der Waals surface area (Å²) in [5.41, 5.74) is 1.92. The Morgan fingerprint density at radius 3 is 2.60 bits per heavy atom. The van der Waals surface area contributed by atoms with E-state index in [1.807, 2.05) is 24.3 Å². The van der Waals surface area contributed by atoms with E-state index < -0.39 is 11.4 Å². The second kappa shape index (κ2) is 7.10. The Labute approximate surface area is 175 Å². The monoisotopic (exact) mass is 421 g/mol. The van der Waals surface area contributed by atoms with E-state index in [-0.39, 0.29) is 11.1 Å².